The number of amides is 1. The maximum absolute atomic E-state index is 13.2. The Balaban J connectivity index is 1.43. The fourth-order valence-electron chi connectivity index (χ4n) is 3.90. The summed E-state index contributed by atoms with van der Waals surface area (Å²) < 4.78 is 25.8. The molecule has 3 heterocycles. The van der Waals surface area contributed by atoms with E-state index in [9.17, 15) is 13.2 Å². The van der Waals surface area contributed by atoms with Crippen molar-refractivity contribution in [2.24, 2.45) is 0 Å². The minimum absolute atomic E-state index is 0.214. The lowest BCUT2D eigenvalue weighted by Crippen LogP contribution is -2.21. The number of sulfonamides is 1. The first-order valence-electron chi connectivity index (χ1n) is 11.2. The number of aromatic nitrogens is 3. The molecule has 3 aromatic heterocycles. The van der Waals surface area contributed by atoms with Gasteiger partial charge in [0.2, 0.25) is 10.0 Å². The molecule has 0 saturated carbocycles. The van der Waals surface area contributed by atoms with E-state index in [0.717, 1.165) is 33.8 Å². The second-order valence-electron chi connectivity index (χ2n) is 8.47. The molecule has 0 saturated heterocycles. The Bertz CT molecular complexity index is 1750. The van der Waals surface area contributed by atoms with Crippen molar-refractivity contribution in [3.8, 4) is 0 Å². The van der Waals surface area contributed by atoms with Crippen molar-refractivity contribution < 1.29 is 13.2 Å². The summed E-state index contributed by atoms with van der Waals surface area (Å²) in [7, 11) is -3.27. The van der Waals surface area contributed by atoms with Crippen molar-refractivity contribution in [2.45, 2.75) is 13.5 Å². The second kappa shape index (κ2) is 9.73. The lowest BCUT2D eigenvalue weighted by atomic mass is 10.0. The molecule has 37 heavy (non-hydrogen) atoms. The van der Waals surface area contributed by atoms with Crippen LogP contribution in [0.25, 0.3) is 21.0 Å². The van der Waals surface area contributed by atoms with Crippen LogP contribution in [0.5, 0.6) is 0 Å². The summed E-state index contributed by atoms with van der Waals surface area (Å²) in [5.41, 5.74) is 10.1. The van der Waals surface area contributed by atoms with Crippen molar-refractivity contribution in [1.82, 2.24) is 19.7 Å². The number of hydrogen-bond donors (Lipinski definition) is 4. The zero-order valence-corrected chi connectivity index (χ0v) is 21.6. The molecule has 0 radical (unpaired) electrons. The molecule has 0 unspecified atom stereocenters. The van der Waals surface area contributed by atoms with E-state index in [4.69, 9.17) is 5.73 Å². The maximum Gasteiger partial charge on any atom is 0.258 e. The topological polar surface area (TPSA) is 152 Å². The summed E-state index contributed by atoms with van der Waals surface area (Å²) in [5, 5.41) is 9.75. The molecular weight excluding hydrogens is 510 g/mol. The number of nitrogens with zero attached hydrogens (tertiary/aromatic N) is 3. The Labute approximate surface area is 217 Å². The third-order valence-corrected chi connectivity index (χ3v) is 7.43. The summed E-state index contributed by atoms with van der Waals surface area (Å²) in [6, 6.07) is 13.1. The summed E-state index contributed by atoms with van der Waals surface area (Å²) in [6.07, 6.45) is 4.15. The molecule has 5 aromatic rings. The lowest BCUT2D eigenvalue weighted by Gasteiger charge is -2.15. The van der Waals surface area contributed by atoms with Crippen LogP contribution in [0.4, 0.5) is 23.0 Å². The summed E-state index contributed by atoms with van der Waals surface area (Å²) in [6.45, 7) is 2.14. The van der Waals surface area contributed by atoms with E-state index >= 15 is 0 Å². The lowest BCUT2D eigenvalue weighted by molar-refractivity contribution is 0.102. The van der Waals surface area contributed by atoms with Gasteiger partial charge in [0, 0.05) is 34.6 Å². The molecule has 1 amide bonds. The fourth-order valence-corrected chi connectivity index (χ4v) is 5.23. The van der Waals surface area contributed by atoms with Gasteiger partial charge in [-0.05, 0) is 36.2 Å². The van der Waals surface area contributed by atoms with Crippen LogP contribution < -0.4 is 21.1 Å². The molecule has 0 atom stereocenters. The van der Waals surface area contributed by atoms with E-state index in [1.807, 2.05) is 49.4 Å². The van der Waals surface area contributed by atoms with E-state index in [-0.39, 0.29) is 12.5 Å². The van der Waals surface area contributed by atoms with Crippen LogP contribution in [0.15, 0.2) is 60.4 Å². The van der Waals surface area contributed by atoms with Gasteiger partial charge in [0.05, 0.1) is 27.7 Å². The smallest absolute Gasteiger partial charge is 0.258 e. The van der Waals surface area contributed by atoms with Crippen molar-refractivity contribution >= 4 is 71.3 Å². The first kappa shape index (κ1) is 24.6. The van der Waals surface area contributed by atoms with Gasteiger partial charge in [-0.1, -0.05) is 24.3 Å². The number of aryl methyl sites for hydroxylation is 1. The van der Waals surface area contributed by atoms with E-state index in [1.165, 1.54) is 17.7 Å². The largest absolute Gasteiger partial charge is 0.382 e. The predicted molar refractivity (Wildman–Crippen MR) is 148 cm³/mol. The highest BCUT2D eigenvalue weighted by Crippen LogP contribution is 2.34. The number of carbonyl (C=O) groups excluding carboxylic acids is 1. The van der Waals surface area contributed by atoms with Gasteiger partial charge in [0.15, 0.2) is 0 Å². The first-order chi connectivity index (χ1) is 17.7. The monoisotopic (exact) mass is 533 g/mol. The Morgan fingerprint density at radius 3 is 2.57 bits per heavy atom. The van der Waals surface area contributed by atoms with Gasteiger partial charge in [0.25, 0.3) is 5.91 Å². The van der Waals surface area contributed by atoms with Crippen LogP contribution in [-0.4, -0.2) is 35.5 Å². The molecule has 0 aliphatic rings. The molecule has 12 heteroatoms. The average Bonchev–Trinajstić information content (AvgIpc) is 3.31. The number of nitrogens with two attached hydrogens (primary N) is 1. The zero-order chi connectivity index (χ0) is 26.2. The summed E-state index contributed by atoms with van der Waals surface area (Å²) >= 11 is 1.33. The van der Waals surface area contributed by atoms with Crippen molar-refractivity contribution in [2.75, 3.05) is 22.6 Å². The second-order valence-corrected chi connectivity index (χ2v) is 11.2. The van der Waals surface area contributed by atoms with Gasteiger partial charge in [0.1, 0.15) is 18.0 Å². The number of fused-ring (bicyclic) bond motifs is 2. The number of nitrogen functional groups attached to an aromatic ring is 1. The normalized spacial score (nSPS) is 11.6. The summed E-state index contributed by atoms with van der Waals surface area (Å²) in [4.78, 5) is 26.0. The standard InChI is InChI=1S/C25H23N7O3S2/c1-14-3-8-18-17(20(14)32-25(33)19-12-36-22-21(19)28-13-29-23(22)26)9-10-27-24(18)31-16-6-4-15(5-7-16)11-30-37(2,34)35/h3-10,12-13,30H,11H2,1-2H3,(H,27,31)(H,32,33)(H2,26,28,29). The van der Waals surface area contributed by atoms with E-state index < -0.39 is 10.0 Å². The number of pyridine rings is 1. The molecule has 0 spiro atoms. The molecular formula is C25H23N7O3S2. The van der Waals surface area contributed by atoms with Gasteiger partial charge >= 0.3 is 0 Å². The number of hydrogen-bond acceptors (Lipinski definition) is 9. The van der Waals surface area contributed by atoms with Crippen LogP contribution in [0.1, 0.15) is 21.5 Å². The number of anilines is 4. The molecule has 10 nitrogen and oxygen atoms in total. The molecule has 0 fully saturated rings. The molecule has 0 bridgehead atoms. The van der Waals surface area contributed by atoms with Gasteiger partial charge < -0.3 is 16.4 Å². The third kappa shape index (κ3) is 5.21. The molecule has 0 aliphatic heterocycles. The number of carbonyl (C=O) groups is 1. The quantitative estimate of drug-likeness (QED) is 0.243. The third-order valence-electron chi connectivity index (χ3n) is 5.77. The van der Waals surface area contributed by atoms with Crippen LogP contribution >= 0.6 is 11.3 Å². The highest BCUT2D eigenvalue weighted by Gasteiger charge is 2.18. The van der Waals surface area contributed by atoms with Crippen molar-refractivity contribution in [3.63, 3.8) is 0 Å². The highest BCUT2D eigenvalue weighted by atomic mass is 32.2. The number of rotatable bonds is 7. The minimum atomic E-state index is -3.27. The van der Waals surface area contributed by atoms with Crippen LogP contribution in [0.3, 0.4) is 0 Å². The first-order valence-corrected chi connectivity index (χ1v) is 13.9. The van der Waals surface area contributed by atoms with E-state index in [0.29, 0.717) is 33.1 Å². The number of thiophene rings is 1. The van der Waals surface area contributed by atoms with Crippen LogP contribution in [0, 0.1) is 6.92 Å². The number of benzene rings is 2. The Kier molecular flexibility index (Phi) is 6.46. The average molecular weight is 534 g/mol. The van der Waals surface area contributed by atoms with Gasteiger partial charge in [-0.15, -0.1) is 11.3 Å². The molecule has 5 N–H and O–H groups in total. The fraction of sp³-hybridized carbons (Fsp3) is 0.120. The number of nitrogens with one attached hydrogen (secondary N) is 3. The maximum atomic E-state index is 13.2. The highest BCUT2D eigenvalue weighted by molar-refractivity contribution is 7.88. The molecule has 188 valence electrons. The predicted octanol–water partition coefficient (Wildman–Crippen LogP) is 4.18. The van der Waals surface area contributed by atoms with Gasteiger partial charge in [-0.25, -0.2) is 28.1 Å². The zero-order valence-electron chi connectivity index (χ0n) is 19.9. The van der Waals surface area contributed by atoms with Gasteiger partial charge in [-0.2, -0.15) is 0 Å². The van der Waals surface area contributed by atoms with Crippen molar-refractivity contribution in [1.29, 1.82) is 0 Å². The van der Waals surface area contributed by atoms with Crippen LogP contribution in [0.2, 0.25) is 0 Å². The molecule has 0 aliphatic carbocycles. The van der Waals surface area contributed by atoms with E-state index in [2.05, 4.69) is 30.3 Å². The summed E-state index contributed by atoms with van der Waals surface area (Å²) in [5.74, 6) is 0.679. The Morgan fingerprint density at radius 2 is 1.81 bits per heavy atom. The molecule has 5 rings (SSSR count). The van der Waals surface area contributed by atoms with Gasteiger partial charge in [-0.3, -0.25) is 4.79 Å². The Hall–Kier alpha value is -4.13. The SMILES string of the molecule is Cc1ccc2c(Nc3ccc(CNS(C)(=O)=O)cc3)nccc2c1NC(=O)c1csc2c(N)ncnc12. The van der Waals surface area contributed by atoms with Crippen molar-refractivity contribution in [3.05, 3.63) is 77.1 Å². The van der Waals surface area contributed by atoms with E-state index in [1.54, 1.807) is 11.6 Å². The molecule has 2 aromatic carbocycles. The Morgan fingerprint density at radius 1 is 1.03 bits per heavy atom. The van der Waals surface area contributed by atoms with Crippen LogP contribution in [-0.2, 0) is 16.6 Å². The minimum Gasteiger partial charge on any atom is -0.382 e.